The quantitative estimate of drug-likeness (QED) is 0.464. The van der Waals surface area contributed by atoms with Gasteiger partial charge in [0.15, 0.2) is 6.23 Å². The third-order valence-corrected chi connectivity index (χ3v) is 3.76. The van der Waals surface area contributed by atoms with Crippen LogP contribution >= 0.6 is 0 Å². The third kappa shape index (κ3) is 3.44. The van der Waals surface area contributed by atoms with Gasteiger partial charge in [-0.15, -0.1) is 0 Å². The second kappa shape index (κ2) is 6.79. The molecule has 2 aliphatic rings. The fraction of sp³-hybridized carbons (Fsp3) is 0.769. The van der Waals surface area contributed by atoms with Gasteiger partial charge in [-0.05, 0) is 0 Å². The minimum absolute atomic E-state index is 0.00262. The van der Waals surface area contributed by atoms with E-state index in [1.54, 1.807) is 20.9 Å². The number of ether oxygens (including phenoxy) is 1. The number of urea groups is 1. The summed E-state index contributed by atoms with van der Waals surface area (Å²) in [5, 5.41) is 31.4. The van der Waals surface area contributed by atoms with Crippen LogP contribution in [0.1, 0.15) is 13.8 Å². The third-order valence-electron chi connectivity index (χ3n) is 3.76. The fourth-order valence-electron chi connectivity index (χ4n) is 2.30. The van der Waals surface area contributed by atoms with E-state index < -0.39 is 37.2 Å². The predicted octanol–water partition coefficient (Wildman–Crippen LogP) is -2.12. The number of aliphatic imine (C=N–C) groups is 1. The largest absolute Gasteiger partial charge is 0.394 e. The van der Waals surface area contributed by atoms with Crippen molar-refractivity contribution < 1.29 is 29.6 Å². The van der Waals surface area contributed by atoms with Crippen LogP contribution in [0.2, 0.25) is 0 Å². The SMILES string of the molecule is CC(C)C(=O)NC1=NC(=O)N([C@@H]2O[C@H](CO)C(O)C2O)CN1C. The molecule has 2 aliphatic heterocycles. The number of carbonyl (C=O) groups is 2. The molecule has 0 aromatic carbocycles. The first kappa shape index (κ1) is 17.6. The molecule has 0 aliphatic carbocycles. The Morgan fingerprint density at radius 2 is 2.09 bits per heavy atom. The second-order valence-electron chi connectivity index (χ2n) is 5.90. The minimum atomic E-state index is -1.36. The predicted molar refractivity (Wildman–Crippen MR) is 78.0 cm³/mol. The van der Waals surface area contributed by atoms with Gasteiger partial charge in [-0.3, -0.25) is 15.0 Å². The summed E-state index contributed by atoms with van der Waals surface area (Å²) in [7, 11) is 1.61. The Bertz CT molecular complexity index is 511. The summed E-state index contributed by atoms with van der Waals surface area (Å²) < 4.78 is 5.32. The number of carbonyl (C=O) groups excluding carboxylic acids is 2. The van der Waals surface area contributed by atoms with Crippen LogP contribution < -0.4 is 5.32 Å². The Balaban J connectivity index is 2.12. The molecule has 0 aromatic rings. The van der Waals surface area contributed by atoms with Gasteiger partial charge in [-0.25, -0.2) is 4.79 Å². The standard InChI is InChI=1S/C13H22N4O6/c1-6(2)10(21)14-12-15-13(22)17(5-16(12)3)11-9(20)8(19)7(4-18)23-11/h6-9,11,18-20H,4-5H2,1-3H3,(H,14,15,21,22)/t7-,8?,9?,11-/m1/s1. The number of aliphatic hydroxyl groups is 3. The molecule has 0 bridgehead atoms. The molecule has 0 aromatic heterocycles. The van der Waals surface area contributed by atoms with Gasteiger partial charge in [-0.2, -0.15) is 4.99 Å². The topological polar surface area (TPSA) is 135 Å². The van der Waals surface area contributed by atoms with E-state index in [-0.39, 0.29) is 24.5 Å². The van der Waals surface area contributed by atoms with Gasteiger partial charge in [0.2, 0.25) is 11.9 Å². The maximum Gasteiger partial charge on any atom is 0.350 e. The Morgan fingerprint density at radius 3 is 2.61 bits per heavy atom. The van der Waals surface area contributed by atoms with Gasteiger partial charge in [-0.1, -0.05) is 13.8 Å². The molecule has 4 atom stereocenters. The number of nitrogens with one attached hydrogen (secondary N) is 1. The van der Waals surface area contributed by atoms with Gasteiger partial charge in [0.1, 0.15) is 18.3 Å². The summed E-state index contributed by atoms with van der Waals surface area (Å²) in [5.41, 5.74) is 0. The molecule has 2 rings (SSSR count). The van der Waals surface area contributed by atoms with Crippen LogP contribution in [0.15, 0.2) is 4.99 Å². The average Bonchev–Trinajstić information content (AvgIpc) is 2.78. The van der Waals surface area contributed by atoms with Gasteiger partial charge in [0.25, 0.3) is 0 Å². The van der Waals surface area contributed by atoms with E-state index in [2.05, 4.69) is 10.3 Å². The summed E-state index contributed by atoms with van der Waals surface area (Å²) in [6.45, 7) is 2.95. The van der Waals surface area contributed by atoms with Crippen molar-refractivity contribution in [3.8, 4) is 0 Å². The highest BCUT2D eigenvalue weighted by atomic mass is 16.6. The number of hydrogen-bond donors (Lipinski definition) is 4. The molecule has 0 saturated carbocycles. The molecular formula is C13H22N4O6. The van der Waals surface area contributed by atoms with Crippen molar-refractivity contribution in [2.75, 3.05) is 20.3 Å². The summed E-state index contributed by atoms with van der Waals surface area (Å²) >= 11 is 0. The van der Waals surface area contributed by atoms with Gasteiger partial charge >= 0.3 is 6.03 Å². The number of nitrogens with zero attached hydrogens (tertiary/aromatic N) is 3. The molecule has 10 heteroatoms. The molecule has 1 saturated heterocycles. The summed E-state index contributed by atoms with van der Waals surface area (Å²) in [6.07, 6.45) is -4.75. The van der Waals surface area contributed by atoms with E-state index in [1.807, 2.05) is 0 Å². The number of aliphatic hydroxyl groups excluding tert-OH is 3. The molecule has 2 unspecified atom stereocenters. The summed E-state index contributed by atoms with van der Waals surface area (Å²) in [4.78, 5) is 30.3. The maximum absolute atomic E-state index is 12.2. The van der Waals surface area contributed by atoms with Gasteiger partial charge in [0.05, 0.1) is 13.3 Å². The van der Waals surface area contributed by atoms with E-state index in [1.165, 1.54) is 4.90 Å². The smallest absolute Gasteiger partial charge is 0.350 e. The van der Waals surface area contributed by atoms with Crippen LogP contribution in [-0.4, -0.2) is 87.9 Å². The lowest BCUT2D eigenvalue weighted by molar-refractivity contribution is -0.122. The van der Waals surface area contributed by atoms with Crippen molar-refractivity contribution in [2.45, 2.75) is 38.4 Å². The maximum atomic E-state index is 12.2. The zero-order chi connectivity index (χ0) is 17.3. The first-order valence-corrected chi connectivity index (χ1v) is 7.30. The van der Waals surface area contributed by atoms with Crippen LogP contribution in [0.4, 0.5) is 4.79 Å². The molecule has 2 heterocycles. The van der Waals surface area contributed by atoms with Crippen molar-refractivity contribution in [1.29, 1.82) is 0 Å². The van der Waals surface area contributed by atoms with Crippen LogP contribution in [-0.2, 0) is 9.53 Å². The fourth-order valence-corrected chi connectivity index (χ4v) is 2.30. The highest BCUT2D eigenvalue weighted by Crippen LogP contribution is 2.25. The van der Waals surface area contributed by atoms with Crippen molar-refractivity contribution in [2.24, 2.45) is 10.9 Å². The number of guanidine groups is 1. The molecule has 0 spiro atoms. The zero-order valence-corrected chi connectivity index (χ0v) is 13.2. The van der Waals surface area contributed by atoms with Crippen molar-refractivity contribution >= 4 is 17.9 Å². The van der Waals surface area contributed by atoms with Crippen molar-refractivity contribution in [3.63, 3.8) is 0 Å². The Hall–Kier alpha value is -1.75. The van der Waals surface area contributed by atoms with Gasteiger partial charge in [0, 0.05) is 13.0 Å². The Labute approximate surface area is 133 Å². The van der Waals surface area contributed by atoms with Crippen molar-refractivity contribution in [3.05, 3.63) is 0 Å². The monoisotopic (exact) mass is 330 g/mol. The number of rotatable bonds is 3. The summed E-state index contributed by atoms with van der Waals surface area (Å²) in [5.74, 6) is -0.429. The minimum Gasteiger partial charge on any atom is -0.394 e. The van der Waals surface area contributed by atoms with E-state index in [0.29, 0.717) is 0 Å². The first-order valence-electron chi connectivity index (χ1n) is 7.30. The van der Waals surface area contributed by atoms with Crippen LogP contribution in [0.25, 0.3) is 0 Å². The van der Waals surface area contributed by atoms with E-state index in [0.717, 1.165) is 4.90 Å². The van der Waals surface area contributed by atoms with E-state index in [4.69, 9.17) is 9.84 Å². The molecule has 130 valence electrons. The van der Waals surface area contributed by atoms with E-state index in [9.17, 15) is 19.8 Å². The molecule has 10 nitrogen and oxygen atoms in total. The number of amides is 3. The molecule has 3 amide bonds. The lowest BCUT2D eigenvalue weighted by Crippen LogP contribution is -2.57. The molecule has 0 radical (unpaired) electrons. The van der Waals surface area contributed by atoms with Gasteiger partial charge < -0.3 is 25.0 Å². The molecule has 23 heavy (non-hydrogen) atoms. The van der Waals surface area contributed by atoms with Crippen molar-refractivity contribution in [1.82, 2.24) is 15.1 Å². The highest BCUT2D eigenvalue weighted by Gasteiger charge is 2.47. The van der Waals surface area contributed by atoms with Crippen LogP contribution in [0.3, 0.4) is 0 Å². The average molecular weight is 330 g/mol. The van der Waals surface area contributed by atoms with E-state index >= 15 is 0 Å². The first-order chi connectivity index (χ1) is 10.8. The lowest BCUT2D eigenvalue weighted by Gasteiger charge is -2.36. The molecular weight excluding hydrogens is 308 g/mol. The van der Waals surface area contributed by atoms with Crippen LogP contribution in [0, 0.1) is 5.92 Å². The molecule has 1 fully saturated rings. The van der Waals surface area contributed by atoms with Crippen LogP contribution in [0.5, 0.6) is 0 Å². The second-order valence-corrected chi connectivity index (χ2v) is 5.90. The Morgan fingerprint density at radius 1 is 1.43 bits per heavy atom. The summed E-state index contributed by atoms with van der Waals surface area (Å²) in [6, 6.07) is -0.711. The normalized spacial score (nSPS) is 31.6. The Kier molecular flexibility index (Phi) is 5.19. The number of hydrogen-bond acceptors (Lipinski definition) is 7. The lowest BCUT2D eigenvalue weighted by atomic mass is 10.1. The highest BCUT2D eigenvalue weighted by molar-refractivity contribution is 6.03. The zero-order valence-electron chi connectivity index (χ0n) is 13.2. The molecule has 4 N–H and O–H groups in total.